The number of aliphatic hydroxyl groups is 2. The fourth-order valence-corrected chi connectivity index (χ4v) is 4.05. The minimum atomic E-state index is -5.94. The monoisotopic (exact) mass is 507 g/mol. The van der Waals surface area contributed by atoms with Crippen LogP contribution in [-0.4, -0.2) is 59.2 Å². The lowest BCUT2D eigenvalue weighted by atomic mass is 9.64. The van der Waals surface area contributed by atoms with Gasteiger partial charge in [-0.3, -0.25) is 9.59 Å². The molecule has 0 bridgehead atoms. The zero-order valence-corrected chi connectivity index (χ0v) is 17.9. The molecule has 1 aromatic carbocycles. The van der Waals surface area contributed by atoms with Crippen molar-refractivity contribution < 1.29 is 55.6 Å². The summed E-state index contributed by atoms with van der Waals surface area (Å²) in [6, 6.07) is 4.28. The molecule has 1 aromatic rings. The first-order valence-corrected chi connectivity index (χ1v) is 9.89. The van der Waals surface area contributed by atoms with Crippen LogP contribution in [0, 0.1) is 11.8 Å². The van der Waals surface area contributed by atoms with Gasteiger partial charge in [-0.2, -0.15) is 26.3 Å². The van der Waals surface area contributed by atoms with E-state index in [0.717, 1.165) is 18.2 Å². The number of carbonyl (C=O) groups is 2. The Morgan fingerprint density at radius 3 is 1.73 bits per heavy atom. The summed E-state index contributed by atoms with van der Waals surface area (Å²) < 4.78 is 93.3. The van der Waals surface area contributed by atoms with Crippen molar-refractivity contribution in [1.82, 2.24) is 5.32 Å². The van der Waals surface area contributed by atoms with Gasteiger partial charge in [0.1, 0.15) is 11.8 Å². The number of esters is 2. The molecule has 2 rings (SSSR count). The van der Waals surface area contributed by atoms with Gasteiger partial charge >= 0.3 is 24.3 Å². The molecule has 7 nitrogen and oxygen atoms in total. The summed E-state index contributed by atoms with van der Waals surface area (Å²) in [6.07, 6.45) is -11.9. The maximum Gasteiger partial charge on any atom is 0.432 e. The van der Waals surface area contributed by atoms with Gasteiger partial charge in [-0.05, 0) is 31.5 Å². The predicted octanol–water partition coefficient (Wildman–Crippen LogP) is 2.89. The SMILES string of the molecule is CCOC(=O)[C@@H]1C(c2cccc(Cl)c2)[C@H](C(=O)OCC)[C@](O)(C(F)(F)F)N[C@]1(O)C(F)(F)F. The number of piperidine rings is 1. The second-order valence-electron chi connectivity index (χ2n) is 7.19. The highest BCUT2D eigenvalue weighted by Crippen LogP contribution is 2.55. The van der Waals surface area contributed by atoms with Crippen molar-refractivity contribution >= 4 is 23.5 Å². The fraction of sp³-hybridized carbons (Fsp3) is 0.579. The summed E-state index contributed by atoms with van der Waals surface area (Å²) in [5.41, 5.74) is -9.82. The number of hydrogen-bond donors (Lipinski definition) is 3. The molecule has 33 heavy (non-hydrogen) atoms. The van der Waals surface area contributed by atoms with Gasteiger partial charge in [0.05, 0.1) is 13.2 Å². The predicted molar refractivity (Wildman–Crippen MR) is 99.6 cm³/mol. The van der Waals surface area contributed by atoms with E-state index in [2.05, 4.69) is 9.47 Å². The molecule has 1 aliphatic rings. The fourth-order valence-electron chi connectivity index (χ4n) is 3.85. The molecule has 1 aliphatic heterocycles. The topological polar surface area (TPSA) is 105 Å². The van der Waals surface area contributed by atoms with Gasteiger partial charge in [0.2, 0.25) is 11.4 Å². The first-order valence-electron chi connectivity index (χ1n) is 9.51. The summed E-state index contributed by atoms with van der Waals surface area (Å²) in [6.45, 7) is 1.42. The van der Waals surface area contributed by atoms with Crippen molar-refractivity contribution in [3.05, 3.63) is 34.9 Å². The zero-order chi connectivity index (χ0) is 25.4. The van der Waals surface area contributed by atoms with E-state index >= 15 is 0 Å². The van der Waals surface area contributed by atoms with Crippen LogP contribution < -0.4 is 5.32 Å². The van der Waals surface area contributed by atoms with Crippen LogP contribution >= 0.6 is 11.6 Å². The average molecular weight is 508 g/mol. The van der Waals surface area contributed by atoms with E-state index in [1.807, 2.05) is 0 Å². The molecule has 0 radical (unpaired) electrons. The van der Waals surface area contributed by atoms with Gasteiger partial charge < -0.3 is 19.7 Å². The summed E-state index contributed by atoms with van der Waals surface area (Å²) in [7, 11) is 0. The third kappa shape index (κ3) is 4.77. The average Bonchev–Trinajstić information content (AvgIpc) is 2.65. The molecule has 186 valence electrons. The highest BCUT2D eigenvalue weighted by atomic mass is 35.5. The third-order valence-corrected chi connectivity index (χ3v) is 5.41. The normalized spacial score (nSPS) is 30.6. The van der Waals surface area contributed by atoms with Crippen molar-refractivity contribution in [1.29, 1.82) is 0 Å². The van der Waals surface area contributed by atoms with Gasteiger partial charge in [-0.15, -0.1) is 0 Å². The Bertz CT molecular complexity index is 848. The van der Waals surface area contributed by atoms with Crippen molar-refractivity contribution in [2.45, 2.75) is 43.6 Å². The molecule has 0 aromatic heterocycles. The van der Waals surface area contributed by atoms with Crippen LogP contribution in [0.2, 0.25) is 5.02 Å². The lowest BCUT2D eigenvalue weighted by Crippen LogP contribution is -2.81. The summed E-state index contributed by atoms with van der Waals surface area (Å²) in [5.74, 6) is -11.7. The van der Waals surface area contributed by atoms with Crippen molar-refractivity contribution in [2.24, 2.45) is 11.8 Å². The Hall–Kier alpha value is -2.09. The Kier molecular flexibility index (Phi) is 7.63. The van der Waals surface area contributed by atoms with Gasteiger partial charge in [0.15, 0.2) is 0 Å². The number of hydrogen-bond acceptors (Lipinski definition) is 7. The lowest BCUT2D eigenvalue weighted by molar-refractivity contribution is -0.376. The molecule has 5 atom stereocenters. The zero-order valence-electron chi connectivity index (χ0n) is 17.1. The Morgan fingerprint density at radius 2 is 1.39 bits per heavy atom. The van der Waals surface area contributed by atoms with E-state index in [-0.39, 0.29) is 5.02 Å². The number of alkyl halides is 6. The van der Waals surface area contributed by atoms with E-state index in [9.17, 15) is 46.1 Å². The van der Waals surface area contributed by atoms with Crippen LogP contribution in [0.4, 0.5) is 26.3 Å². The van der Waals surface area contributed by atoms with Gasteiger partial charge in [0, 0.05) is 10.9 Å². The van der Waals surface area contributed by atoms with E-state index in [4.69, 9.17) is 11.6 Å². The molecule has 1 heterocycles. The Balaban J connectivity index is 2.97. The largest absolute Gasteiger partial charge is 0.466 e. The van der Waals surface area contributed by atoms with Gasteiger partial charge in [0.25, 0.3) is 0 Å². The minimum absolute atomic E-state index is 0.164. The van der Waals surface area contributed by atoms with Crippen LogP contribution in [0.1, 0.15) is 25.3 Å². The van der Waals surface area contributed by atoms with Crippen molar-refractivity contribution in [2.75, 3.05) is 13.2 Å². The molecule has 0 saturated carbocycles. The lowest BCUT2D eigenvalue weighted by Gasteiger charge is -2.54. The van der Waals surface area contributed by atoms with Crippen molar-refractivity contribution in [3.8, 4) is 0 Å². The maximum absolute atomic E-state index is 14.0. The number of ether oxygens (including phenoxy) is 2. The molecule has 0 aliphatic carbocycles. The van der Waals surface area contributed by atoms with Crippen LogP contribution in [0.5, 0.6) is 0 Å². The highest BCUT2D eigenvalue weighted by molar-refractivity contribution is 6.30. The molecule has 14 heteroatoms. The number of nitrogens with one attached hydrogen (secondary N) is 1. The molecule has 1 unspecified atom stereocenters. The quantitative estimate of drug-likeness (QED) is 0.416. The van der Waals surface area contributed by atoms with Gasteiger partial charge in [-0.1, -0.05) is 23.7 Å². The number of halogens is 7. The van der Waals surface area contributed by atoms with Crippen LogP contribution in [0.15, 0.2) is 24.3 Å². The van der Waals surface area contributed by atoms with Crippen LogP contribution in [0.3, 0.4) is 0 Å². The molecule has 0 amide bonds. The third-order valence-electron chi connectivity index (χ3n) is 5.18. The van der Waals surface area contributed by atoms with E-state index in [0.29, 0.717) is 5.32 Å². The second-order valence-corrected chi connectivity index (χ2v) is 7.63. The van der Waals surface area contributed by atoms with E-state index in [1.54, 1.807) is 0 Å². The molecular formula is C19H20ClF6NO6. The summed E-state index contributed by atoms with van der Waals surface area (Å²) in [5, 5.41) is 21.6. The molecular weight excluding hydrogens is 488 g/mol. The first-order chi connectivity index (χ1) is 15.0. The number of benzene rings is 1. The van der Waals surface area contributed by atoms with Crippen LogP contribution in [0.25, 0.3) is 0 Å². The Labute approximate surface area is 188 Å². The smallest absolute Gasteiger partial charge is 0.432 e. The minimum Gasteiger partial charge on any atom is -0.466 e. The molecule has 3 N–H and O–H groups in total. The standard InChI is InChI=1S/C19H20ClF6NO6/c1-3-32-14(28)12-11(9-6-5-7-10(20)8-9)13(15(29)33-4-2)17(31,19(24,25)26)27-16(12,30)18(21,22)23/h5-8,11-13,27,30-31H,3-4H2,1-2H3/t11?,12-,13+,16+,17-. The number of carbonyl (C=O) groups excluding carboxylic acids is 2. The summed E-state index contributed by atoms with van der Waals surface area (Å²) in [4.78, 5) is 25.3. The molecule has 0 spiro atoms. The highest BCUT2D eigenvalue weighted by Gasteiger charge is 2.78. The van der Waals surface area contributed by atoms with Gasteiger partial charge in [-0.25, -0.2) is 5.32 Å². The first kappa shape index (κ1) is 27.2. The second kappa shape index (κ2) is 9.28. The van der Waals surface area contributed by atoms with Crippen molar-refractivity contribution in [3.63, 3.8) is 0 Å². The summed E-state index contributed by atoms with van der Waals surface area (Å²) >= 11 is 5.85. The maximum atomic E-state index is 14.0. The van der Waals surface area contributed by atoms with Crippen LogP contribution in [-0.2, 0) is 19.1 Å². The Morgan fingerprint density at radius 1 is 0.970 bits per heavy atom. The number of rotatable bonds is 5. The molecule has 1 fully saturated rings. The van der Waals surface area contributed by atoms with E-state index in [1.165, 1.54) is 19.9 Å². The van der Waals surface area contributed by atoms with E-state index < -0.39 is 72.3 Å². The molecule has 1 saturated heterocycles.